The van der Waals surface area contributed by atoms with Gasteiger partial charge in [0.1, 0.15) is 12.4 Å². The second-order valence-electron chi connectivity index (χ2n) is 5.01. The molecule has 0 aliphatic carbocycles. The molecule has 0 heterocycles. The van der Waals surface area contributed by atoms with Crippen LogP contribution in [-0.2, 0) is 0 Å². The second-order valence-corrected chi connectivity index (χ2v) is 5.86. The van der Waals surface area contributed by atoms with Gasteiger partial charge in [-0.1, -0.05) is 34.1 Å². The number of benzene rings is 2. The molecule has 2 aromatic rings. The van der Waals surface area contributed by atoms with Gasteiger partial charge in [0.15, 0.2) is 0 Å². The highest BCUT2D eigenvalue weighted by Crippen LogP contribution is 2.20. The van der Waals surface area contributed by atoms with Crippen LogP contribution in [-0.4, -0.2) is 19.2 Å². The van der Waals surface area contributed by atoms with Gasteiger partial charge in [-0.25, -0.2) is 4.79 Å². The van der Waals surface area contributed by atoms with Gasteiger partial charge in [-0.05, 0) is 49.2 Å². The van der Waals surface area contributed by atoms with Crippen molar-refractivity contribution in [3.8, 4) is 5.75 Å². The Kier molecular flexibility index (Phi) is 5.83. The smallest absolute Gasteiger partial charge is 0.319 e. The van der Waals surface area contributed by atoms with Crippen LogP contribution in [0.2, 0.25) is 0 Å². The van der Waals surface area contributed by atoms with Crippen molar-refractivity contribution in [2.24, 2.45) is 0 Å². The minimum absolute atomic E-state index is 0.247. The van der Waals surface area contributed by atoms with Crippen LogP contribution in [0.25, 0.3) is 0 Å². The fourth-order valence-corrected chi connectivity index (χ4v) is 2.26. The van der Waals surface area contributed by atoms with Gasteiger partial charge in [0.2, 0.25) is 0 Å². The van der Waals surface area contributed by atoms with E-state index in [0.29, 0.717) is 13.2 Å². The largest absolute Gasteiger partial charge is 0.492 e. The number of aryl methyl sites for hydroxylation is 2. The number of urea groups is 1. The molecule has 2 amide bonds. The summed E-state index contributed by atoms with van der Waals surface area (Å²) in [6.45, 7) is 4.87. The monoisotopic (exact) mass is 362 g/mol. The number of rotatable bonds is 5. The molecule has 0 aliphatic heterocycles. The molecule has 5 heteroatoms. The van der Waals surface area contributed by atoms with Gasteiger partial charge in [0.25, 0.3) is 0 Å². The Morgan fingerprint density at radius 3 is 2.73 bits per heavy atom. The number of nitrogens with one attached hydrogen (secondary N) is 2. The molecule has 4 nitrogen and oxygen atoms in total. The highest BCUT2D eigenvalue weighted by molar-refractivity contribution is 9.10. The molecule has 0 radical (unpaired) electrons. The van der Waals surface area contributed by atoms with Crippen LogP contribution in [0.5, 0.6) is 5.75 Å². The van der Waals surface area contributed by atoms with Gasteiger partial charge >= 0.3 is 6.03 Å². The molecule has 2 rings (SSSR count). The van der Waals surface area contributed by atoms with Gasteiger partial charge in [-0.3, -0.25) is 0 Å². The maximum absolute atomic E-state index is 11.8. The lowest BCUT2D eigenvalue weighted by atomic mass is 10.2. The van der Waals surface area contributed by atoms with Gasteiger partial charge in [-0.2, -0.15) is 0 Å². The zero-order valence-electron chi connectivity index (χ0n) is 12.7. The average Bonchev–Trinajstić information content (AvgIpc) is 2.48. The standard InChI is InChI=1S/C17H19BrN2O2/c1-12-4-3-5-15(10-12)22-9-8-19-17(21)20-14-7-6-13(2)16(18)11-14/h3-7,10-11H,8-9H2,1-2H3,(H2,19,20,21). The van der Waals surface area contributed by atoms with Crippen molar-refractivity contribution >= 4 is 27.6 Å². The molecule has 0 unspecified atom stereocenters. The van der Waals surface area contributed by atoms with Crippen LogP contribution >= 0.6 is 15.9 Å². The number of hydrogen-bond donors (Lipinski definition) is 2. The summed E-state index contributed by atoms with van der Waals surface area (Å²) in [5.74, 6) is 0.810. The lowest BCUT2D eigenvalue weighted by Gasteiger charge is -2.10. The first-order valence-corrected chi connectivity index (χ1v) is 7.84. The summed E-state index contributed by atoms with van der Waals surface area (Å²) in [6.07, 6.45) is 0. The molecule has 0 bridgehead atoms. The third kappa shape index (κ3) is 5.07. The Labute approximate surface area is 139 Å². The van der Waals surface area contributed by atoms with Crippen molar-refractivity contribution in [1.29, 1.82) is 0 Å². The van der Waals surface area contributed by atoms with Crippen molar-refractivity contribution in [2.75, 3.05) is 18.5 Å². The number of halogens is 1. The minimum Gasteiger partial charge on any atom is -0.492 e. The van der Waals surface area contributed by atoms with Crippen molar-refractivity contribution in [3.63, 3.8) is 0 Å². The van der Waals surface area contributed by atoms with E-state index >= 15 is 0 Å². The first kappa shape index (κ1) is 16.4. The number of anilines is 1. The Bertz CT molecular complexity index is 659. The predicted octanol–water partition coefficient (Wildman–Crippen LogP) is 4.27. The topological polar surface area (TPSA) is 50.4 Å². The summed E-state index contributed by atoms with van der Waals surface area (Å²) in [7, 11) is 0. The summed E-state index contributed by atoms with van der Waals surface area (Å²) in [6, 6.07) is 13.3. The summed E-state index contributed by atoms with van der Waals surface area (Å²) in [4.78, 5) is 11.8. The summed E-state index contributed by atoms with van der Waals surface area (Å²) >= 11 is 3.44. The van der Waals surface area contributed by atoms with E-state index in [0.717, 1.165) is 27.0 Å². The molecular weight excluding hydrogens is 344 g/mol. The normalized spacial score (nSPS) is 10.1. The second kappa shape index (κ2) is 7.84. The molecule has 116 valence electrons. The van der Waals surface area contributed by atoms with Gasteiger partial charge in [0, 0.05) is 10.2 Å². The molecule has 0 atom stereocenters. The zero-order chi connectivity index (χ0) is 15.9. The molecule has 0 saturated heterocycles. The maximum atomic E-state index is 11.8. The molecule has 0 fully saturated rings. The fourth-order valence-electron chi connectivity index (χ4n) is 1.88. The van der Waals surface area contributed by atoms with E-state index in [9.17, 15) is 4.79 Å². The summed E-state index contributed by atoms with van der Waals surface area (Å²) < 4.78 is 6.54. The highest BCUT2D eigenvalue weighted by atomic mass is 79.9. The Morgan fingerprint density at radius 2 is 2.00 bits per heavy atom. The molecule has 0 aromatic heterocycles. The average molecular weight is 363 g/mol. The lowest BCUT2D eigenvalue weighted by molar-refractivity contribution is 0.247. The van der Waals surface area contributed by atoms with Gasteiger partial charge in [0.05, 0.1) is 6.54 Å². The molecule has 2 N–H and O–H groups in total. The molecule has 0 aliphatic rings. The first-order valence-electron chi connectivity index (χ1n) is 7.05. The fraction of sp³-hybridized carbons (Fsp3) is 0.235. The molecular formula is C17H19BrN2O2. The zero-order valence-corrected chi connectivity index (χ0v) is 14.2. The molecule has 0 spiro atoms. The predicted molar refractivity (Wildman–Crippen MR) is 92.6 cm³/mol. The van der Waals surface area contributed by atoms with Crippen LogP contribution in [0.15, 0.2) is 46.9 Å². The number of ether oxygens (including phenoxy) is 1. The van der Waals surface area contributed by atoms with Crippen LogP contribution < -0.4 is 15.4 Å². The van der Waals surface area contributed by atoms with Crippen LogP contribution in [0.3, 0.4) is 0 Å². The molecule has 0 saturated carbocycles. The van der Waals surface area contributed by atoms with Crippen molar-refractivity contribution in [2.45, 2.75) is 13.8 Å². The van der Waals surface area contributed by atoms with Crippen molar-refractivity contribution in [3.05, 3.63) is 58.1 Å². The van der Waals surface area contributed by atoms with Crippen LogP contribution in [0.4, 0.5) is 10.5 Å². The van der Waals surface area contributed by atoms with E-state index in [1.165, 1.54) is 0 Å². The Morgan fingerprint density at radius 1 is 1.18 bits per heavy atom. The van der Waals surface area contributed by atoms with E-state index in [4.69, 9.17) is 4.74 Å². The van der Waals surface area contributed by atoms with Crippen LogP contribution in [0.1, 0.15) is 11.1 Å². The summed E-state index contributed by atoms with van der Waals surface area (Å²) in [5.41, 5.74) is 3.01. The van der Waals surface area contributed by atoms with E-state index in [1.54, 1.807) is 0 Å². The van der Waals surface area contributed by atoms with Crippen molar-refractivity contribution in [1.82, 2.24) is 5.32 Å². The van der Waals surface area contributed by atoms with E-state index < -0.39 is 0 Å². The third-order valence-electron chi connectivity index (χ3n) is 3.08. The van der Waals surface area contributed by atoms with Gasteiger partial charge in [-0.15, -0.1) is 0 Å². The first-order chi connectivity index (χ1) is 10.5. The number of carbonyl (C=O) groups is 1. The van der Waals surface area contributed by atoms with E-state index in [-0.39, 0.29) is 6.03 Å². The third-order valence-corrected chi connectivity index (χ3v) is 3.93. The van der Waals surface area contributed by atoms with Crippen molar-refractivity contribution < 1.29 is 9.53 Å². The van der Waals surface area contributed by atoms with Gasteiger partial charge < -0.3 is 15.4 Å². The number of amides is 2. The van der Waals surface area contributed by atoms with Crippen LogP contribution in [0, 0.1) is 13.8 Å². The maximum Gasteiger partial charge on any atom is 0.319 e. The SMILES string of the molecule is Cc1cccc(OCCNC(=O)Nc2ccc(C)c(Br)c2)c1. The highest BCUT2D eigenvalue weighted by Gasteiger charge is 2.03. The Balaban J connectivity index is 1.72. The molecule has 22 heavy (non-hydrogen) atoms. The summed E-state index contributed by atoms with van der Waals surface area (Å²) in [5, 5.41) is 5.54. The Hall–Kier alpha value is -2.01. The lowest BCUT2D eigenvalue weighted by Crippen LogP contribution is -2.32. The van der Waals surface area contributed by atoms with E-state index in [1.807, 2.05) is 56.3 Å². The van der Waals surface area contributed by atoms with E-state index in [2.05, 4.69) is 26.6 Å². The molecule has 2 aromatic carbocycles. The number of carbonyl (C=O) groups excluding carboxylic acids is 1. The number of hydrogen-bond acceptors (Lipinski definition) is 2. The quantitative estimate of drug-likeness (QED) is 0.780. The minimum atomic E-state index is -0.247.